The summed E-state index contributed by atoms with van der Waals surface area (Å²) in [7, 11) is 3.27. The minimum atomic E-state index is 0.0179. The van der Waals surface area contributed by atoms with Crippen LogP contribution in [0.2, 0.25) is 0 Å². The van der Waals surface area contributed by atoms with E-state index in [1.165, 1.54) is 0 Å². The van der Waals surface area contributed by atoms with Crippen molar-refractivity contribution in [3.63, 3.8) is 0 Å². The number of carbonyl (C=O) groups is 1. The first-order chi connectivity index (χ1) is 14.1. The molecule has 0 radical (unpaired) electrons. The summed E-state index contributed by atoms with van der Waals surface area (Å²) in [5.41, 5.74) is 2.82. The molecule has 0 aliphatic carbocycles. The molecule has 0 atom stereocenters. The molecular weight excluding hydrogens is 368 g/mol. The molecule has 152 valence electrons. The Morgan fingerprint density at radius 2 is 1.79 bits per heavy atom. The zero-order valence-corrected chi connectivity index (χ0v) is 17.0. The van der Waals surface area contributed by atoms with Gasteiger partial charge in [-0.05, 0) is 55.3 Å². The van der Waals surface area contributed by atoms with Gasteiger partial charge in [-0.2, -0.15) is 0 Å². The van der Waals surface area contributed by atoms with E-state index in [9.17, 15) is 4.79 Å². The van der Waals surface area contributed by atoms with Crippen molar-refractivity contribution in [2.45, 2.75) is 26.2 Å². The lowest BCUT2D eigenvalue weighted by Gasteiger charge is -2.06. The van der Waals surface area contributed by atoms with Crippen LogP contribution in [0.15, 0.2) is 52.9 Å². The third-order valence-corrected chi connectivity index (χ3v) is 4.69. The van der Waals surface area contributed by atoms with Gasteiger partial charge in [-0.15, -0.1) is 0 Å². The first-order valence-corrected chi connectivity index (χ1v) is 9.59. The summed E-state index contributed by atoms with van der Waals surface area (Å²) in [5, 5.41) is 2.95. The standard InChI is InChI=1S/C23H26N2O4/c1-16-21(25-23(29-16)18-8-10-19(27-2)11-9-18)13-14-24-22(26)12-7-17-5-4-6-20(15-17)28-3/h4-6,8-11,15H,7,12-14H2,1-3H3,(H,24,26). The molecule has 1 N–H and O–H groups in total. The van der Waals surface area contributed by atoms with Crippen molar-refractivity contribution in [3.8, 4) is 23.0 Å². The molecule has 1 heterocycles. The molecule has 1 aromatic heterocycles. The number of ether oxygens (including phenoxy) is 2. The van der Waals surface area contributed by atoms with Crippen LogP contribution in [-0.4, -0.2) is 31.7 Å². The van der Waals surface area contributed by atoms with E-state index < -0.39 is 0 Å². The predicted molar refractivity (Wildman–Crippen MR) is 111 cm³/mol. The second kappa shape index (κ2) is 9.78. The summed E-state index contributed by atoms with van der Waals surface area (Å²) >= 11 is 0. The normalized spacial score (nSPS) is 10.6. The molecule has 29 heavy (non-hydrogen) atoms. The van der Waals surface area contributed by atoms with E-state index in [-0.39, 0.29) is 5.91 Å². The van der Waals surface area contributed by atoms with Crippen molar-refractivity contribution in [2.75, 3.05) is 20.8 Å². The van der Waals surface area contributed by atoms with Gasteiger partial charge in [0.2, 0.25) is 11.8 Å². The molecule has 1 amide bonds. The van der Waals surface area contributed by atoms with Crippen molar-refractivity contribution in [1.82, 2.24) is 10.3 Å². The highest BCUT2D eigenvalue weighted by Crippen LogP contribution is 2.24. The number of amides is 1. The second-order valence-corrected chi connectivity index (χ2v) is 6.70. The number of nitrogens with zero attached hydrogens (tertiary/aromatic N) is 1. The van der Waals surface area contributed by atoms with E-state index in [1.807, 2.05) is 55.5 Å². The number of aryl methyl sites for hydroxylation is 2. The molecule has 0 bridgehead atoms. The molecule has 3 rings (SSSR count). The van der Waals surface area contributed by atoms with Gasteiger partial charge < -0.3 is 19.2 Å². The van der Waals surface area contributed by atoms with Gasteiger partial charge in [0.1, 0.15) is 17.3 Å². The average molecular weight is 394 g/mol. The van der Waals surface area contributed by atoms with Crippen LogP contribution < -0.4 is 14.8 Å². The van der Waals surface area contributed by atoms with Crippen LogP contribution in [0, 0.1) is 6.92 Å². The Morgan fingerprint density at radius 3 is 2.52 bits per heavy atom. The maximum atomic E-state index is 12.1. The second-order valence-electron chi connectivity index (χ2n) is 6.70. The predicted octanol–water partition coefficient (Wildman–Crippen LogP) is 3.96. The van der Waals surface area contributed by atoms with Gasteiger partial charge in [-0.3, -0.25) is 4.79 Å². The van der Waals surface area contributed by atoms with Crippen LogP contribution in [-0.2, 0) is 17.6 Å². The van der Waals surface area contributed by atoms with Crippen LogP contribution in [0.5, 0.6) is 11.5 Å². The monoisotopic (exact) mass is 394 g/mol. The van der Waals surface area contributed by atoms with Gasteiger partial charge in [-0.25, -0.2) is 4.98 Å². The number of rotatable bonds is 9. The van der Waals surface area contributed by atoms with Gasteiger partial charge in [-0.1, -0.05) is 12.1 Å². The molecule has 0 unspecified atom stereocenters. The first kappa shape index (κ1) is 20.5. The number of hydrogen-bond donors (Lipinski definition) is 1. The summed E-state index contributed by atoms with van der Waals surface area (Å²) in [5.74, 6) is 2.95. The first-order valence-electron chi connectivity index (χ1n) is 9.59. The summed E-state index contributed by atoms with van der Waals surface area (Å²) in [4.78, 5) is 16.7. The fourth-order valence-electron chi connectivity index (χ4n) is 3.01. The van der Waals surface area contributed by atoms with Gasteiger partial charge >= 0.3 is 0 Å². The lowest BCUT2D eigenvalue weighted by atomic mass is 10.1. The smallest absolute Gasteiger partial charge is 0.226 e. The number of benzene rings is 2. The molecule has 2 aromatic carbocycles. The topological polar surface area (TPSA) is 73.6 Å². The van der Waals surface area contributed by atoms with E-state index in [1.54, 1.807) is 14.2 Å². The van der Waals surface area contributed by atoms with E-state index in [0.29, 0.717) is 31.7 Å². The summed E-state index contributed by atoms with van der Waals surface area (Å²) in [6.07, 6.45) is 1.73. The molecular formula is C23H26N2O4. The van der Waals surface area contributed by atoms with Crippen LogP contribution in [0.4, 0.5) is 0 Å². The summed E-state index contributed by atoms with van der Waals surface area (Å²) in [6, 6.07) is 15.3. The average Bonchev–Trinajstić information content (AvgIpc) is 3.13. The Hall–Kier alpha value is -3.28. The van der Waals surface area contributed by atoms with Crippen molar-refractivity contribution < 1.29 is 18.7 Å². The molecule has 3 aromatic rings. The van der Waals surface area contributed by atoms with Crippen molar-refractivity contribution in [3.05, 3.63) is 65.5 Å². The fraction of sp³-hybridized carbons (Fsp3) is 0.304. The van der Waals surface area contributed by atoms with Crippen LogP contribution in [0.1, 0.15) is 23.4 Å². The van der Waals surface area contributed by atoms with Crippen molar-refractivity contribution in [2.24, 2.45) is 0 Å². The third-order valence-electron chi connectivity index (χ3n) is 4.69. The molecule has 0 aliphatic heterocycles. The Kier molecular flexibility index (Phi) is 6.89. The highest BCUT2D eigenvalue weighted by Gasteiger charge is 2.12. The van der Waals surface area contributed by atoms with Crippen LogP contribution >= 0.6 is 0 Å². The fourth-order valence-corrected chi connectivity index (χ4v) is 3.01. The van der Waals surface area contributed by atoms with E-state index >= 15 is 0 Å². The number of carbonyl (C=O) groups excluding carboxylic acids is 1. The third kappa shape index (κ3) is 5.60. The number of methoxy groups -OCH3 is 2. The molecule has 0 aliphatic rings. The highest BCUT2D eigenvalue weighted by molar-refractivity contribution is 5.76. The number of nitrogens with one attached hydrogen (secondary N) is 1. The Balaban J connectivity index is 1.48. The molecule has 0 fully saturated rings. The lowest BCUT2D eigenvalue weighted by Crippen LogP contribution is -2.26. The van der Waals surface area contributed by atoms with E-state index in [0.717, 1.165) is 34.1 Å². The zero-order valence-electron chi connectivity index (χ0n) is 17.0. The van der Waals surface area contributed by atoms with Crippen LogP contribution in [0.3, 0.4) is 0 Å². The SMILES string of the molecule is COc1ccc(-c2nc(CCNC(=O)CCc3cccc(OC)c3)c(C)o2)cc1. The summed E-state index contributed by atoms with van der Waals surface area (Å²) in [6.45, 7) is 2.41. The number of oxazole rings is 1. The number of hydrogen-bond acceptors (Lipinski definition) is 5. The maximum absolute atomic E-state index is 12.1. The maximum Gasteiger partial charge on any atom is 0.226 e. The highest BCUT2D eigenvalue weighted by atomic mass is 16.5. The van der Waals surface area contributed by atoms with Gasteiger partial charge in [0.15, 0.2) is 0 Å². The Morgan fingerprint density at radius 1 is 1.03 bits per heavy atom. The van der Waals surface area contributed by atoms with Gasteiger partial charge in [0.25, 0.3) is 0 Å². The van der Waals surface area contributed by atoms with E-state index in [2.05, 4.69) is 10.3 Å². The van der Waals surface area contributed by atoms with Gasteiger partial charge in [0, 0.05) is 24.9 Å². The molecule has 6 heteroatoms. The summed E-state index contributed by atoms with van der Waals surface area (Å²) < 4.78 is 16.2. The number of aromatic nitrogens is 1. The minimum Gasteiger partial charge on any atom is -0.497 e. The Labute approximate surface area is 170 Å². The van der Waals surface area contributed by atoms with E-state index in [4.69, 9.17) is 13.9 Å². The quantitative estimate of drug-likeness (QED) is 0.595. The molecule has 0 saturated carbocycles. The molecule has 6 nitrogen and oxygen atoms in total. The largest absolute Gasteiger partial charge is 0.497 e. The van der Waals surface area contributed by atoms with Crippen molar-refractivity contribution >= 4 is 5.91 Å². The molecule has 0 spiro atoms. The zero-order chi connectivity index (χ0) is 20.6. The minimum absolute atomic E-state index is 0.0179. The van der Waals surface area contributed by atoms with Crippen molar-refractivity contribution in [1.29, 1.82) is 0 Å². The van der Waals surface area contributed by atoms with Crippen LogP contribution in [0.25, 0.3) is 11.5 Å². The lowest BCUT2D eigenvalue weighted by molar-refractivity contribution is -0.121. The molecule has 0 saturated heterocycles. The Bertz CT molecular complexity index is 948. The van der Waals surface area contributed by atoms with Gasteiger partial charge in [0.05, 0.1) is 19.9 Å².